The minimum absolute atomic E-state index is 0.475. The first-order valence-electron chi connectivity index (χ1n) is 8.18. The Hall–Kier alpha value is -2.52. The van der Waals surface area contributed by atoms with Gasteiger partial charge in [-0.2, -0.15) is 4.68 Å². The Morgan fingerprint density at radius 2 is 1.89 bits per heavy atom. The van der Waals surface area contributed by atoms with Gasteiger partial charge in [-0.25, -0.2) is 0 Å². The molecule has 0 spiro atoms. The first-order valence-corrected chi connectivity index (χ1v) is 9.96. The highest BCUT2D eigenvalue weighted by Gasteiger charge is 2.15. The van der Waals surface area contributed by atoms with Crippen LogP contribution < -0.4 is 0 Å². The predicted octanol–water partition coefficient (Wildman–Crippen LogP) is 4.38. The van der Waals surface area contributed by atoms with Gasteiger partial charge in [0.2, 0.25) is 16.9 Å². The van der Waals surface area contributed by atoms with Gasteiger partial charge in [-0.1, -0.05) is 36.0 Å². The quantitative estimate of drug-likeness (QED) is 0.423. The molecule has 2 aromatic carbocycles. The second-order valence-electron chi connectivity index (χ2n) is 5.86. The van der Waals surface area contributed by atoms with Crippen molar-refractivity contribution in [3.63, 3.8) is 0 Å². The van der Waals surface area contributed by atoms with Gasteiger partial charge < -0.3 is 4.42 Å². The maximum atomic E-state index is 5.79. The number of benzene rings is 2. The summed E-state index contributed by atoms with van der Waals surface area (Å²) in [6.07, 6.45) is 0. The van der Waals surface area contributed by atoms with Crippen LogP contribution in [0.4, 0.5) is 0 Å². The van der Waals surface area contributed by atoms with Gasteiger partial charge in [0, 0.05) is 4.47 Å². The van der Waals surface area contributed by atoms with Gasteiger partial charge in [-0.3, -0.25) is 0 Å². The molecule has 0 saturated carbocycles. The van der Waals surface area contributed by atoms with E-state index in [1.54, 1.807) is 4.68 Å². The molecule has 4 rings (SSSR count). The Balaban J connectivity index is 1.54. The van der Waals surface area contributed by atoms with Crippen LogP contribution in [-0.4, -0.2) is 30.4 Å². The fourth-order valence-electron chi connectivity index (χ4n) is 2.57. The highest BCUT2D eigenvalue weighted by atomic mass is 79.9. The lowest BCUT2D eigenvalue weighted by Crippen LogP contribution is -2.02. The molecule has 0 N–H and O–H groups in total. The van der Waals surface area contributed by atoms with E-state index in [4.69, 9.17) is 4.42 Å². The van der Waals surface area contributed by atoms with E-state index in [0.29, 0.717) is 22.7 Å². The zero-order valence-electron chi connectivity index (χ0n) is 14.6. The molecule has 9 heteroatoms. The van der Waals surface area contributed by atoms with E-state index in [1.165, 1.54) is 17.3 Å². The minimum Gasteiger partial charge on any atom is -0.420 e. The number of tetrazole rings is 1. The smallest absolute Gasteiger partial charge is 0.248 e. The molecule has 0 atom stereocenters. The van der Waals surface area contributed by atoms with Gasteiger partial charge in [0.1, 0.15) is 0 Å². The Morgan fingerprint density at radius 1 is 1.04 bits per heavy atom. The van der Waals surface area contributed by atoms with Crippen molar-refractivity contribution in [3.8, 4) is 17.1 Å². The SMILES string of the molecule is Cc1cccc(-n2nnnc2SCc2nnc(-c3ccccc3Br)o2)c1C. The third-order valence-corrected chi connectivity index (χ3v) is 5.74. The monoisotopic (exact) mass is 442 g/mol. The van der Waals surface area contributed by atoms with E-state index in [2.05, 4.69) is 61.6 Å². The fourth-order valence-corrected chi connectivity index (χ4v) is 3.74. The zero-order valence-corrected chi connectivity index (χ0v) is 17.0. The van der Waals surface area contributed by atoms with Crippen molar-refractivity contribution in [1.82, 2.24) is 30.4 Å². The van der Waals surface area contributed by atoms with E-state index in [1.807, 2.05) is 36.4 Å². The Labute approximate surface area is 168 Å². The van der Waals surface area contributed by atoms with E-state index in [0.717, 1.165) is 21.3 Å². The summed E-state index contributed by atoms with van der Waals surface area (Å²) in [4.78, 5) is 0. The summed E-state index contributed by atoms with van der Waals surface area (Å²) >= 11 is 4.95. The lowest BCUT2D eigenvalue weighted by molar-refractivity contribution is 0.528. The van der Waals surface area contributed by atoms with Crippen molar-refractivity contribution >= 4 is 27.7 Å². The average molecular weight is 443 g/mol. The van der Waals surface area contributed by atoms with Crippen molar-refractivity contribution in [2.75, 3.05) is 0 Å². The van der Waals surface area contributed by atoms with Gasteiger partial charge in [0.15, 0.2) is 0 Å². The summed E-state index contributed by atoms with van der Waals surface area (Å²) in [5.74, 6) is 1.47. The summed E-state index contributed by atoms with van der Waals surface area (Å²) in [5, 5.41) is 21.0. The number of hydrogen-bond acceptors (Lipinski definition) is 7. The maximum absolute atomic E-state index is 5.79. The summed E-state index contributed by atoms with van der Waals surface area (Å²) < 4.78 is 8.43. The number of rotatable bonds is 5. The highest BCUT2D eigenvalue weighted by Crippen LogP contribution is 2.29. The minimum atomic E-state index is 0.475. The van der Waals surface area contributed by atoms with E-state index < -0.39 is 0 Å². The molecule has 136 valence electrons. The third kappa shape index (κ3) is 3.65. The van der Waals surface area contributed by atoms with Crippen LogP contribution in [0.1, 0.15) is 17.0 Å². The molecule has 4 aromatic rings. The molecule has 0 aliphatic rings. The molecule has 0 saturated heterocycles. The second-order valence-corrected chi connectivity index (χ2v) is 7.66. The average Bonchev–Trinajstić information content (AvgIpc) is 3.32. The van der Waals surface area contributed by atoms with Crippen molar-refractivity contribution in [1.29, 1.82) is 0 Å². The molecular weight excluding hydrogens is 428 g/mol. The lowest BCUT2D eigenvalue weighted by Gasteiger charge is -2.08. The van der Waals surface area contributed by atoms with Gasteiger partial charge >= 0.3 is 0 Å². The summed E-state index contributed by atoms with van der Waals surface area (Å²) in [6.45, 7) is 4.13. The number of hydrogen-bond donors (Lipinski definition) is 0. The fraction of sp³-hybridized carbons (Fsp3) is 0.167. The molecule has 0 unspecified atom stereocenters. The number of aromatic nitrogens is 6. The van der Waals surface area contributed by atoms with Crippen molar-refractivity contribution < 1.29 is 4.42 Å². The predicted molar refractivity (Wildman–Crippen MR) is 106 cm³/mol. The zero-order chi connectivity index (χ0) is 18.8. The summed E-state index contributed by atoms with van der Waals surface area (Å²) in [5.41, 5.74) is 4.15. The molecule has 0 aliphatic heterocycles. The third-order valence-electron chi connectivity index (χ3n) is 4.14. The molecule has 0 radical (unpaired) electrons. The Bertz CT molecular complexity index is 1090. The van der Waals surface area contributed by atoms with Gasteiger partial charge in [-0.15, -0.1) is 15.3 Å². The standard InChI is InChI=1S/C18H15BrN6OS/c1-11-6-5-9-15(12(11)2)25-18(22-23-24-25)27-10-16-20-21-17(26-16)13-7-3-4-8-14(13)19/h3-9H,10H2,1-2H3. The van der Waals surface area contributed by atoms with E-state index >= 15 is 0 Å². The van der Waals surface area contributed by atoms with Crippen LogP contribution >= 0.6 is 27.7 Å². The van der Waals surface area contributed by atoms with Gasteiger partial charge in [0.25, 0.3) is 0 Å². The first-order chi connectivity index (χ1) is 13.1. The van der Waals surface area contributed by atoms with Gasteiger partial charge in [0.05, 0.1) is 17.0 Å². The highest BCUT2D eigenvalue weighted by molar-refractivity contribution is 9.10. The van der Waals surface area contributed by atoms with Crippen LogP contribution in [0.3, 0.4) is 0 Å². The summed E-state index contributed by atoms with van der Waals surface area (Å²) in [6, 6.07) is 13.8. The number of aryl methyl sites for hydroxylation is 1. The number of thioether (sulfide) groups is 1. The van der Waals surface area contributed by atoms with Crippen LogP contribution in [0.2, 0.25) is 0 Å². The molecular formula is C18H15BrN6OS. The molecule has 27 heavy (non-hydrogen) atoms. The molecule has 0 aliphatic carbocycles. The van der Waals surface area contributed by atoms with Crippen LogP contribution in [-0.2, 0) is 5.75 Å². The number of halogens is 1. The normalized spacial score (nSPS) is 11.1. The molecule has 7 nitrogen and oxygen atoms in total. The van der Waals surface area contributed by atoms with Crippen LogP contribution in [0.15, 0.2) is 56.5 Å². The molecule has 2 heterocycles. The maximum Gasteiger partial charge on any atom is 0.248 e. The topological polar surface area (TPSA) is 82.5 Å². The van der Waals surface area contributed by atoms with Crippen molar-refractivity contribution in [2.24, 2.45) is 0 Å². The van der Waals surface area contributed by atoms with E-state index in [9.17, 15) is 0 Å². The van der Waals surface area contributed by atoms with Gasteiger partial charge in [-0.05, 0) is 69.5 Å². The number of nitrogens with zero attached hydrogens (tertiary/aromatic N) is 6. The van der Waals surface area contributed by atoms with E-state index in [-0.39, 0.29) is 0 Å². The van der Waals surface area contributed by atoms with Crippen LogP contribution in [0.25, 0.3) is 17.1 Å². The largest absolute Gasteiger partial charge is 0.420 e. The molecule has 0 fully saturated rings. The Kier molecular flexibility index (Phi) is 5.04. The second kappa shape index (κ2) is 7.61. The van der Waals surface area contributed by atoms with Crippen molar-refractivity contribution in [3.05, 3.63) is 64.0 Å². The van der Waals surface area contributed by atoms with Crippen LogP contribution in [0.5, 0.6) is 0 Å². The Morgan fingerprint density at radius 3 is 2.74 bits per heavy atom. The lowest BCUT2D eigenvalue weighted by atomic mass is 10.1. The van der Waals surface area contributed by atoms with Crippen LogP contribution in [0, 0.1) is 13.8 Å². The molecule has 0 bridgehead atoms. The molecule has 2 aromatic heterocycles. The molecule has 0 amide bonds. The van der Waals surface area contributed by atoms with Crippen molar-refractivity contribution in [2.45, 2.75) is 24.8 Å². The first kappa shape index (κ1) is 17.9. The summed E-state index contributed by atoms with van der Waals surface area (Å²) in [7, 11) is 0.